The molecule has 0 bridgehead atoms. The van der Waals surface area contributed by atoms with Crippen molar-refractivity contribution in [1.82, 2.24) is 16.0 Å². The van der Waals surface area contributed by atoms with E-state index in [-0.39, 0.29) is 13.2 Å². The minimum absolute atomic E-state index is 0.0164. The third-order valence-corrected chi connectivity index (χ3v) is 1.95. The Morgan fingerprint density at radius 2 is 2.00 bits per heavy atom. The van der Waals surface area contributed by atoms with Crippen molar-refractivity contribution in [3.8, 4) is 0 Å². The average molecular weight is 283 g/mol. The monoisotopic (exact) mass is 283 g/mol. The van der Waals surface area contributed by atoms with Gasteiger partial charge in [-0.3, -0.25) is 9.59 Å². The van der Waals surface area contributed by atoms with Crippen molar-refractivity contribution in [2.45, 2.75) is 26.2 Å². The van der Waals surface area contributed by atoms with Crippen LogP contribution in [-0.2, 0) is 14.3 Å². The normalized spacial score (nSPS) is 14.0. The third-order valence-electron chi connectivity index (χ3n) is 1.95. The lowest BCUT2D eigenvalue weighted by molar-refractivity contribution is -0.218. The molecule has 7 nitrogen and oxygen atoms in total. The first-order valence-electron chi connectivity index (χ1n) is 5.78. The van der Waals surface area contributed by atoms with Gasteiger partial charge in [-0.2, -0.15) is 8.78 Å². The van der Waals surface area contributed by atoms with Crippen LogP contribution < -0.4 is 16.0 Å². The van der Waals surface area contributed by atoms with Gasteiger partial charge in [0, 0.05) is 6.61 Å². The summed E-state index contributed by atoms with van der Waals surface area (Å²) >= 11 is 0. The average Bonchev–Trinajstić information content (AvgIpc) is 2.33. The van der Waals surface area contributed by atoms with E-state index in [4.69, 9.17) is 4.74 Å². The molecule has 0 aliphatic carbocycles. The highest BCUT2D eigenvalue weighted by atomic mass is 19.3. The van der Waals surface area contributed by atoms with E-state index in [1.165, 1.54) is 6.92 Å². The van der Waals surface area contributed by atoms with Gasteiger partial charge in [0.2, 0.25) is 5.91 Å². The van der Waals surface area contributed by atoms with Crippen molar-refractivity contribution in [3.05, 3.63) is 0 Å². The van der Waals surface area contributed by atoms with Crippen LogP contribution in [-0.4, -0.2) is 55.5 Å². The van der Waals surface area contributed by atoms with Crippen molar-refractivity contribution in [2.75, 3.05) is 26.2 Å². The number of rotatable bonds is 9. The molecule has 0 aromatic carbocycles. The first kappa shape index (κ1) is 17.7. The number of hydrogen-bond acceptors (Lipinski definition) is 5. The Labute approximate surface area is 109 Å². The van der Waals surface area contributed by atoms with E-state index < -0.39 is 30.7 Å². The maximum Gasteiger partial charge on any atom is 0.315 e. The first-order chi connectivity index (χ1) is 8.84. The predicted molar refractivity (Wildman–Crippen MR) is 62.3 cm³/mol. The molecule has 0 rings (SSSR count). The Balaban J connectivity index is 4.40. The van der Waals surface area contributed by atoms with E-state index in [1.54, 1.807) is 12.2 Å². The minimum Gasteiger partial charge on any atom is -0.347 e. The zero-order valence-electron chi connectivity index (χ0n) is 10.8. The molecule has 0 aliphatic rings. The van der Waals surface area contributed by atoms with Crippen molar-refractivity contribution >= 4 is 11.8 Å². The molecule has 4 N–H and O–H groups in total. The first-order valence-corrected chi connectivity index (χ1v) is 5.78. The number of carbonyl (C=O) groups is 2. The number of halogens is 2. The van der Waals surface area contributed by atoms with E-state index in [0.29, 0.717) is 6.54 Å². The Hall–Kier alpha value is -1.32. The molecule has 2 amide bonds. The van der Waals surface area contributed by atoms with E-state index in [0.717, 1.165) is 0 Å². The Bertz CT molecular complexity index is 304. The molecule has 0 radical (unpaired) electrons. The van der Waals surface area contributed by atoms with Crippen LogP contribution in [0.2, 0.25) is 0 Å². The molecule has 0 fully saturated rings. The molecule has 0 saturated carbocycles. The second-order valence-electron chi connectivity index (χ2n) is 3.56. The molecular formula is C10H19F2N3O4. The Kier molecular flexibility index (Phi) is 8.12. The molecule has 112 valence electrons. The number of likely N-dealkylation sites (N-methyl/N-ethyl adjacent to an activating group) is 1. The van der Waals surface area contributed by atoms with Gasteiger partial charge in [-0.05, 0) is 13.5 Å². The van der Waals surface area contributed by atoms with Gasteiger partial charge in [0.05, 0.1) is 13.1 Å². The van der Waals surface area contributed by atoms with Crippen LogP contribution in [0.15, 0.2) is 0 Å². The summed E-state index contributed by atoms with van der Waals surface area (Å²) in [6.07, 6.45) is -3.21. The third kappa shape index (κ3) is 7.65. The highest BCUT2D eigenvalue weighted by Crippen LogP contribution is 2.02. The van der Waals surface area contributed by atoms with Crippen LogP contribution >= 0.6 is 0 Å². The van der Waals surface area contributed by atoms with Crippen LogP contribution in [0.1, 0.15) is 13.8 Å². The van der Waals surface area contributed by atoms with Crippen LogP contribution in [0, 0.1) is 0 Å². The molecule has 0 spiro atoms. The Morgan fingerprint density at radius 1 is 1.37 bits per heavy atom. The molecule has 1 atom stereocenters. The maximum atomic E-state index is 12.0. The quantitative estimate of drug-likeness (QED) is 0.397. The summed E-state index contributed by atoms with van der Waals surface area (Å²) in [5, 5.41) is 16.4. The van der Waals surface area contributed by atoms with Crippen molar-refractivity contribution in [1.29, 1.82) is 0 Å². The van der Waals surface area contributed by atoms with Crippen LogP contribution in [0.3, 0.4) is 0 Å². The van der Waals surface area contributed by atoms with Crippen LogP contribution in [0.25, 0.3) is 0 Å². The summed E-state index contributed by atoms with van der Waals surface area (Å²) in [5.74, 6) is -4.37. The standard InChI is InChI=1S/C10H19F2N3O4/c1-3-13-5-7(16)15-10(18,19-4-2)6-14-9(17)8(11)12/h8,13,18H,3-6H2,1-2H3,(H,14,17)(H,15,16). The van der Waals surface area contributed by atoms with Gasteiger partial charge < -0.3 is 25.8 Å². The molecule has 9 heteroatoms. The predicted octanol–water partition coefficient (Wildman–Crippen LogP) is -1.22. The molecule has 19 heavy (non-hydrogen) atoms. The lowest BCUT2D eigenvalue weighted by Crippen LogP contribution is -2.59. The van der Waals surface area contributed by atoms with Crippen molar-refractivity contribution in [2.24, 2.45) is 0 Å². The van der Waals surface area contributed by atoms with Gasteiger partial charge >= 0.3 is 6.43 Å². The number of carbonyl (C=O) groups excluding carboxylic acids is 2. The van der Waals surface area contributed by atoms with Crippen molar-refractivity contribution < 1.29 is 28.2 Å². The summed E-state index contributed by atoms with van der Waals surface area (Å²) in [5.41, 5.74) is 0. The largest absolute Gasteiger partial charge is 0.347 e. The molecule has 0 saturated heterocycles. The van der Waals surface area contributed by atoms with E-state index >= 15 is 0 Å². The van der Waals surface area contributed by atoms with Gasteiger partial charge in [0.15, 0.2) is 0 Å². The zero-order chi connectivity index (χ0) is 14.9. The lowest BCUT2D eigenvalue weighted by Gasteiger charge is -2.28. The molecule has 0 aromatic heterocycles. The highest BCUT2D eigenvalue weighted by molar-refractivity contribution is 5.80. The number of aliphatic hydroxyl groups is 1. The van der Waals surface area contributed by atoms with Gasteiger partial charge in [0.1, 0.15) is 0 Å². The van der Waals surface area contributed by atoms with Crippen LogP contribution in [0.5, 0.6) is 0 Å². The van der Waals surface area contributed by atoms with Gasteiger partial charge in [-0.1, -0.05) is 6.92 Å². The number of alkyl halides is 2. The second-order valence-corrected chi connectivity index (χ2v) is 3.56. The molecular weight excluding hydrogens is 264 g/mol. The summed E-state index contributed by atoms with van der Waals surface area (Å²) in [6, 6.07) is 0. The summed E-state index contributed by atoms with van der Waals surface area (Å²) < 4.78 is 28.8. The van der Waals surface area contributed by atoms with Gasteiger partial charge in [-0.15, -0.1) is 0 Å². The number of nitrogens with one attached hydrogen (secondary N) is 3. The number of amides is 2. The number of hydrogen-bond donors (Lipinski definition) is 4. The topological polar surface area (TPSA) is 99.7 Å². The fourth-order valence-electron chi connectivity index (χ4n) is 1.15. The van der Waals surface area contributed by atoms with E-state index in [1.807, 2.05) is 0 Å². The zero-order valence-corrected chi connectivity index (χ0v) is 10.8. The van der Waals surface area contributed by atoms with Gasteiger partial charge in [-0.25, -0.2) is 0 Å². The number of ether oxygens (including phenoxy) is 1. The molecule has 0 aliphatic heterocycles. The van der Waals surface area contributed by atoms with E-state index in [9.17, 15) is 23.5 Å². The van der Waals surface area contributed by atoms with Crippen LogP contribution in [0.4, 0.5) is 8.78 Å². The fraction of sp³-hybridized carbons (Fsp3) is 0.800. The SMILES string of the molecule is CCNCC(=O)NC(O)(CNC(=O)C(F)F)OCC. The smallest absolute Gasteiger partial charge is 0.315 e. The summed E-state index contributed by atoms with van der Waals surface area (Å²) in [6.45, 7) is 3.13. The lowest BCUT2D eigenvalue weighted by atomic mass is 10.4. The highest BCUT2D eigenvalue weighted by Gasteiger charge is 2.31. The molecule has 1 unspecified atom stereocenters. The fourth-order valence-corrected chi connectivity index (χ4v) is 1.15. The summed E-state index contributed by atoms with van der Waals surface area (Å²) in [7, 11) is 0. The van der Waals surface area contributed by atoms with E-state index in [2.05, 4.69) is 10.6 Å². The molecule has 0 heterocycles. The van der Waals surface area contributed by atoms with Crippen molar-refractivity contribution in [3.63, 3.8) is 0 Å². The van der Waals surface area contributed by atoms with Gasteiger partial charge in [0.25, 0.3) is 11.8 Å². The Morgan fingerprint density at radius 3 is 2.47 bits per heavy atom. The maximum absolute atomic E-state index is 12.0. The second kappa shape index (κ2) is 8.73. The minimum atomic E-state index is -3.21. The summed E-state index contributed by atoms with van der Waals surface area (Å²) in [4.78, 5) is 22.1. The molecule has 0 aromatic rings.